The molecule has 0 radical (unpaired) electrons. The number of nitrogens with zero attached hydrogens (tertiary/aromatic N) is 4. The lowest BCUT2D eigenvalue weighted by atomic mass is 9.97. The number of rotatable bonds is 1. The fraction of sp³-hybridized carbons (Fsp3) is 0.105. The Bertz CT molecular complexity index is 1230. The molecule has 0 unspecified atom stereocenters. The van der Waals surface area contributed by atoms with E-state index in [0.717, 1.165) is 22.4 Å². The summed E-state index contributed by atoms with van der Waals surface area (Å²) in [5.41, 5.74) is 6.53. The highest BCUT2D eigenvalue weighted by molar-refractivity contribution is 7.05. The molecule has 3 heterocycles. The molecule has 0 amide bonds. The zero-order valence-corrected chi connectivity index (χ0v) is 14.2. The first-order valence-electron chi connectivity index (χ1n) is 7.84. The van der Waals surface area contributed by atoms with Crippen LogP contribution in [0.2, 0.25) is 0 Å². The molecule has 5 aromatic rings. The second-order valence-electron chi connectivity index (χ2n) is 5.98. The summed E-state index contributed by atoms with van der Waals surface area (Å²) in [5, 5.41) is 9.15. The second-order valence-corrected chi connectivity index (χ2v) is 6.83. The Morgan fingerprint density at radius 1 is 1.08 bits per heavy atom. The molecule has 0 N–H and O–H groups in total. The van der Waals surface area contributed by atoms with Gasteiger partial charge < -0.3 is 0 Å². The molecular formula is C19H15N4S+. The number of hydrogen-bond acceptors (Lipinski definition) is 3. The van der Waals surface area contributed by atoms with Crippen LogP contribution in [0.1, 0.15) is 5.56 Å². The molecule has 0 aliphatic carbocycles. The molecule has 0 aliphatic heterocycles. The fourth-order valence-electron chi connectivity index (χ4n) is 3.43. The van der Waals surface area contributed by atoms with E-state index < -0.39 is 0 Å². The summed E-state index contributed by atoms with van der Waals surface area (Å²) < 4.78 is 4.05. The maximum Gasteiger partial charge on any atom is 0.266 e. The summed E-state index contributed by atoms with van der Waals surface area (Å²) in [6.07, 6.45) is 1.89. The normalized spacial score (nSPS) is 11.8. The van der Waals surface area contributed by atoms with Crippen molar-refractivity contribution in [2.24, 2.45) is 7.05 Å². The molecule has 3 aromatic heterocycles. The van der Waals surface area contributed by atoms with E-state index in [2.05, 4.69) is 57.6 Å². The molecule has 5 rings (SSSR count). The fourth-order valence-corrected chi connectivity index (χ4v) is 4.19. The van der Waals surface area contributed by atoms with Gasteiger partial charge in [0, 0.05) is 5.38 Å². The van der Waals surface area contributed by atoms with Gasteiger partial charge in [0.2, 0.25) is 0 Å². The van der Waals surface area contributed by atoms with Crippen molar-refractivity contribution in [1.29, 1.82) is 0 Å². The number of fused-ring (bicyclic) bond motifs is 4. The van der Waals surface area contributed by atoms with Crippen LogP contribution in [-0.4, -0.2) is 13.9 Å². The van der Waals surface area contributed by atoms with Gasteiger partial charge in [0.05, 0.1) is 5.56 Å². The van der Waals surface area contributed by atoms with Crippen molar-refractivity contribution in [2.75, 3.05) is 0 Å². The van der Waals surface area contributed by atoms with Gasteiger partial charge in [-0.2, -0.15) is 0 Å². The van der Waals surface area contributed by atoms with Crippen LogP contribution < -0.4 is 4.68 Å². The maximum atomic E-state index is 4.85. The molecule has 0 fully saturated rings. The van der Waals surface area contributed by atoms with Gasteiger partial charge in [0.25, 0.3) is 5.69 Å². The Labute approximate surface area is 142 Å². The zero-order chi connectivity index (χ0) is 16.3. The molecule has 0 bridgehead atoms. The first-order valence-corrected chi connectivity index (χ1v) is 8.68. The van der Waals surface area contributed by atoms with Gasteiger partial charge in [0.1, 0.15) is 17.4 Å². The summed E-state index contributed by atoms with van der Waals surface area (Å²) in [4.78, 5) is 4.85. The lowest BCUT2D eigenvalue weighted by molar-refractivity contribution is -0.719. The third kappa shape index (κ3) is 1.76. The van der Waals surface area contributed by atoms with Crippen LogP contribution in [0.4, 0.5) is 0 Å². The van der Waals surface area contributed by atoms with Crippen LogP contribution in [0.25, 0.3) is 38.7 Å². The van der Waals surface area contributed by atoms with E-state index in [-0.39, 0.29) is 0 Å². The maximum absolute atomic E-state index is 4.85. The minimum Gasteiger partial charge on any atom is -0.245 e. The van der Waals surface area contributed by atoms with Crippen molar-refractivity contribution in [1.82, 2.24) is 13.9 Å². The van der Waals surface area contributed by atoms with E-state index in [1.54, 1.807) is 11.5 Å². The minimum atomic E-state index is 0.975. The third-order valence-corrected chi connectivity index (χ3v) is 5.49. The highest BCUT2D eigenvalue weighted by Crippen LogP contribution is 2.32. The molecule has 4 nitrogen and oxygen atoms in total. The van der Waals surface area contributed by atoms with Crippen molar-refractivity contribution in [3.05, 3.63) is 59.6 Å². The Kier molecular flexibility index (Phi) is 2.76. The Hall–Kier alpha value is -2.79. The van der Waals surface area contributed by atoms with Crippen LogP contribution >= 0.6 is 11.5 Å². The predicted octanol–water partition coefficient (Wildman–Crippen LogP) is 3.90. The molecule has 0 spiro atoms. The number of benzene rings is 2. The summed E-state index contributed by atoms with van der Waals surface area (Å²) in [6.45, 7) is 2.18. The van der Waals surface area contributed by atoms with E-state index in [9.17, 15) is 0 Å². The first-order chi connectivity index (χ1) is 11.7. The second kappa shape index (κ2) is 4.85. The van der Waals surface area contributed by atoms with Crippen molar-refractivity contribution in [3.63, 3.8) is 0 Å². The van der Waals surface area contributed by atoms with E-state index in [4.69, 9.17) is 4.98 Å². The number of aromatic nitrogens is 4. The topological polar surface area (TPSA) is 34.1 Å². The van der Waals surface area contributed by atoms with Crippen molar-refractivity contribution < 1.29 is 4.68 Å². The lowest BCUT2D eigenvalue weighted by Crippen LogP contribution is -2.35. The average molecular weight is 331 g/mol. The van der Waals surface area contributed by atoms with Crippen LogP contribution in [0.5, 0.6) is 0 Å². The molecular weight excluding hydrogens is 316 g/mol. The van der Waals surface area contributed by atoms with E-state index >= 15 is 0 Å². The van der Waals surface area contributed by atoms with Gasteiger partial charge in [-0.1, -0.05) is 46.5 Å². The van der Waals surface area contributed by atoms with E-state index in [0.29, 0.717) is 0 Å². The number of aryl methyl sites for hydroxylation is 2. The first kappa shape index (κ1) is 13.6. The molecule has 24 heavy (non-hydrogen) atoms. The molecule has 116 valence electrons. The summed E-state index contributed by atoms with van der Waals surface area (Å²) in [5.74, 6) is 0. The lowest BCUT2D eigenvalue weighted by Gasteiger charge is -2.07. The van der Waals surface area contributed by atoms with E-state index in [1.165, 1.54) is 21.9 Å². The Morgan fingerprint density at radius 2 is 1.96 bits per heavy atom. The van der Waals surface area contributed by atoms with Crippen molar-refractivity contribution in [2.45, 2.75) is 6.92 Å². The summed E-state index contributed by atoms with van der Waals surface area (Å²) in [7, 11) is 1.98. The van der Waals surface area contributed by atoms with Crippen LogP contribution in [0, 0.1) is 6.92 Å². The summed E-state index contributed by atoms with van der Waals surface area (Å²) >= 11 is 1.64. The molecule has 2 aromatic carbocycles. The molecule has 0 saturated carbocycles. The molecule has 5 heteroatoms. The molecule has 0 saturated heterocycles. The molecule has 0 atom stereocenters. The SMILES string of the molecule is Cc1c(-c2c3nc4ccsn4c3cn[n+]2C)ccc2ccccc12. The Morgan fingerprint density at radius 3 is 2.88 bits per heavy atom. The van der Waals surface area contributed by atoms with Crippen LogP contribution in [0.3, 0.4) is 0 Å². The van der Waals surface area contributed by atoms with Gasteiger partial charge in [0.15, 0.2) is 12.6 Å². The van der Waals surface area contributed by atoms with Gasteiger partial charge in [-0.3, -0.25) is 0 Å². The van der Waals surface area contributed by atoms with Gasteiger partial charge >= 0.3 is 0 Å². The minimum absolute atomic E-state index is 0.975. The highest BCUT2D eigenvalue weighted by Gasteiger charge is 2.23. The zero-order valence-electron chi connectivity index (χ0n) is 13.4. The quantitative estimate of drug-likeness (QED) is 0.437. The van der Waals surface area contributed by atoms with Crippen molar-refractivity contribution in [3.8, 4) is 11.3 Å². The number of imidazole rings is 1. The van der Waals surface area contributed by atoms with Crippen LogP contribution in [-0.2, 0) is 7.05 Å². The van der Waals surface area contributed by atoms with Crippen LogP contribution in [0.15, 0.2) is 54.0 Å². The standard InChI is InChI=1S/C19H15N4S/c1-12-14-6-4-3-5-13(14)7-8-15(12)19-18-16(11-20-22(19)2)23-17(21-18)9-10-24-23/h3-11H,1-2H3/q+1. The smallest absolute Gasteiger partial charge is 0.245 e. The third-order valence-electron chi connectivity index (χ3n) is 4.63. The largest absolute Gasteiger partial charge is 0.266 e. The highest BCUT2D eigenvalue weighted by atomic mass is 32.1. The monoisotopic (exact) mass is 331 g/mol. The van der Waals surface area contributed by atoms with Gasteiger partial charge in [-0.25, -0.2) is 8.77 Å². The van der Waals surface area contributed by atoms with E-state index in [1.807, 2.05) is 24.0 Å². The predicted molar refractivity (Wildman–Crippen MR) is 97.2 cm³/mol. The van der Waals surface area contributed by atoms with Gasteiger partial charge in [-0.15, -0.1) is 0 Å². The average Bonchev–Trinajstić information content (AvgIpc) is 3.17. The number of hydrogen-bond donors (Lipinski definition) is 0. The summed E-state index contributed by atoms with van der Waals surface area (Å²) in [6, 6.07) is 14.9. The van der Waals surface area contributed by atoms with Gasteiger partial charge in [-0.05, 0) is 40.5 Å². The Balaban J connectivity index is 1.92. The van der Waals surface area contributed by atoms with Crippen molar-refractivity contribution >= 4 is 39.0 Å². The molecule has 0 aliphatic rings.